The van der Waals surface area contributed by atoms with Crippen molar-refractivity contribution in [1.82, 2.24) is 9.47 Å². The Hall–Kier alpha value is -3.61. The number of rotatable bonds is 3. The van der Waals surface area contributed by atoms with Gasteiger partial charge in [0.1, 0.15) is 0 Å². The molecule has 3 aromatic rings. The number of fused-ring (bicyclic) bond motifs is 4. The van der Waals surface area contributed by atoms with E-state index in [1.54, 1.807) is 26.4 Å². The maximum absolute atomic E-state index is 12.9. The first kappa shape index (κ1) is 20.3. The average molecular weight is 433 g/mol. The number of carbonyl (C=O) groups is 1. The van der Waals surface area contributed by atoms with Crippen LogP contribution in [0.3, 0.4) is 0 Å². The van der Waals surface area contributed by atoms with Gasteiger partial charge in [0.15, 0.2) is 11.5 Å². The Kier molecular flexibility index (Phi) is 4.96. The number of urea groups is 1. The van der Waals surface area contributed by atoms with Crippen LogP contribution < -0.4 is 20.1 Å². The highest BCUT2D eigenvalue weighted by Crippen LogP contribution is 2.43. The van der Waals surface area contributed by atoms with Crippen LogP contribution in [0.25, 0.3) is 5.69 Å². The molecular weight excluding hydrogens is 404 g/mol. The first-order valence-corrected chi connectivity index (χ1v) is 10.9. The third kappa shape index (κ3) is 3.34. The molecule has 166 valence electrons. The van der Waals surface area contributed by atoms with E-state index in [9.17, 15) is 4.79 Å². The topological polar surface area (TPSA) is 67.8 Å². The molecule has 32 heavy (non-hydrogen) atoms. The third-order valence-corrected chi connectivity index (χ3v) is 6.56. The number of ether oxygens (including phenoxy) is 2. The fourth-order valence-corrected chi connectivity index (χ4v) is 4.85. The number of aromatic nitrogens is 1. The van der Waals surface area contributed by atoms with Crippen LogP contribution in [0.4, 0.5) is 16.2 Å². The molecule has 0 atom stereocenters. The van der Waals surface area contributed by atoms with Crippen LogP contribution in [0.5, 0.6) is 11.5 Å². The molecule has 0 bridgehead atoms. The summed E-state index contributed by atoms with van der Waals surface area (Å²) in [5.74, 6) is 1.22. The van der Waals surface area contributed by atoms with Crippen LogP contribution in [0.1, 0.15) is 24.1 Å². The molecule has 0 radical (unpaired) electrons. The molecule has 2 aliphatic heterocycles. The summed E-state index contributed by atoms with van der Waals surface area (Å²) in [6, 6.07) is 16.1. The molecule has 3 heterocycles. The summed E-state index contributed by atoms with van der Waals surface area (Å²) in [5.41, 5.74) is 5.32. The highest BCUT2D eigenvalue weighted by molar-refractivity contribution is 5.90. The number of anilines is 2. The Morgan fingerprint density at radius 2 is 1.81 bits per heavy atom. The molecule has 2 aromatic carbocycles. The van der Waals surface area contributed by atoms with E-state index in [-0.39, 0.29) is 11.6 Å². The Morgan fingerprint density at radius 3 is 2.56 bits per heavy atom. The molecule has 7 nitrogen and oxygen atoms in total. The van der Waals surface area contributed by atoms with Gasteiger partial charge in [-0.1, -0.05) is 6.07 Å². The molecule has 1 saturated heterocycles. The highest BCUT2D eigenvalue weighted by atomic mass is 16.5. The Morgan fingerprint density at radius 1 is 1.03 bits per heavy atom. The van der Waals surface area contributed by atoms with Gasteiger partial charge >= 0.3 is 6.03 Å². The molecule has 2 N–H and O–H groups in total. The first-order valence-electron chi connectivity index (χ1n) is 10.9. The number of aryl methyl sites for hydroxylation is 1. The van der Waals surface area contributed by atoms with Gasteiger partial charge in [-0.3, -0.25) is 0 Å². The van der Waals surface area contributed by atoms with Crippen LogP contribution in [-0.2, 0) is 5.54 Å². The van der Waals surface area contributed by atoms with Gasteiger partial charge < -0.3 is 29.6 Å². The lowest BCUT2D eigenvalue weighted by molar-refractivity contribution is 0.174. The number of nitrogens with zero attached hydrogens (tertiary/aromatic N) is 2. The summed E-state index contributed by atoms with van der Waals surface area (Å²) in [7, 11) is 3.18. The smallest absolute Gasteiger partial charge is 0.321 e. The van der Waals surface area contributed by atoms with Gasteiger partial charge in [0.2, 0.25) is 0 Å². The molecular formula is C25H28N4O3. The van der Waals surface area contributed by atoms with Crippen molar-refractivity contribution in [2.24, 2.45) is 0 Å². The quantitative estimate of drug-likeness (QED) is 0.627. The first-order chi connectivity index (χ1) is 15.5. The number of nitrogens with one attached hydrogen (secondary N) is 2. The lowest BCUT2D eigenvalue weighted by Crippen LogP contribution is -2.51. The molecule has 0 unspecified atom stereocenters. The second-order valence-corrected chi connectivity index (χ2v) is 8.48. The molecule has 1 fully saturated rings. The molecule has 2 amide bonds. The number of amides is 2. The Balaban J connectivity index is 1.32. The minimum atomic E-state index is -0.176. The minimum absolute atomic E-state index is 0.102. The van der Waals surface area contributed by atoms with Crippen molar-refractivity contribution in [3.8, 4) is 17.2 Å². The van der Waals surface area contributed by atoms with Gasteiger partial charge in [-0.05, 0) is 61.7 Å². The van der Waals surface area contributed by atoms with Crippen LogP contribution in [0, 0.1) is 6.92 Å². The fraction of sp³-hybridized carbons (Fsp3) is 0.320. The number of piperidine rings is 1. The molecule has 7 heteroatoms. The van der Waals surface area contributed by atoms with Gasteiger partial charge in [-0.25, -0.2) is 4.79 Å². The number of hydrogen-bond acceptors (Lipinski definition) is 4. The predicted octanol–water partition coefficient (Wildman–Crippen LogP) is 4.75. The third-order valence-electron chi connectivity index (χ3n) is 6.56. The van der Waals surface area contributed by atoms with E-state index < -0.39 is 0 Å². The Bertz CT molecular complexity index is 1160. The van der Waals surface area contributed by atoms with Gasteiger partial charge in [-0.15, -0.1) is 0 Å². The molecule has 1 aromatic heterocycles. The van der Waals surface area contributed by atoms with E-state index in [1.165, 1.54) is 16.9 Å². The van der Waals surface area contributed by atoms with Crippen LogP contribution in [0.15, 0.2) is 54.7 Å². The van der Waals surface area contributed by atoms with Crippen LogP contribution in [-0.4, -0.2) is 42.8 Å². The summed E-state index contributed by atoms with van der Waals surface area (Å²) in [6.45, 7) is 3.44. The molecule has 0 saturated carbocycles. The van der Waals surface area contributed by atoms with Gasteiger partial charge in [-0.2, -0.15) is 0 Å². The maximum Gasteiger partial charge on any atom is 0.321 e. The van der Waals surface area contributed by atoms with Gasteiger partial charge in [0, 0.05) is 36.7 Å². The average Bonchev–Trinajstić information content (AvgIpc) is 3.30. The standard InChI is InChI=1S/C25H28N4O3/c1-17-6-8-20-19(15-17)27-25(23-5-4-12-29(20)23)10-13-28(14-11-25)24(30)26-18-7-9-21(31-2)22(16-18)32-3/h4-9,12,15-16,27H,10-11,13-14H2,1-3H3,(H,26,30). The maximum atomic E-state index is 12.9. The monoisotopic (exact) mass is 432 g/mol. The van der Waals surface area contributed by atoms with Crippen LogP contribution >= 0.6 is 0 Å². The number of carbonyl (C=O) groups excluding carboxylic acids is 1. The highest BCUT2D eigenvalue weighted by Gasteiger charge is 2.42. The van der Waals surface area contributed by atoms with Crippen molar-refractivity contribution in [2.45, 2.75) is 25.3 Å². The summed E-state index contributed by atoms with van der Waals surface area (Å²) in [6.07, 6.45) is 3.80. The number of benzene rings is 2. The van der Waals surface area contributed by atoms with Crippen LogP contribution in [0.2, 0.25) is 0 Å². The summed E-state index contributed by atoms with van der Waals surface area (Å²) < 4.78 is 12.9. The summed E-state index contributed by atoms with van der Waals surface area (Å²) >= 11 is 0. The fourth-order valence-electron chi connectivity index (χ4n) is 4.85. The van der Waals surface area contributed by atoms with Gasteiger partial charge in [0.05, 0.1) is 31.1 Å². The normalized spacial score (nSPS) is 16.0. The van der Waals surface area contributed by atoms with E-state index in [0.29, 0.717) is 30.3 Å². The van der Waals surface area contributed by atoms with Crippen molar-refractivity contribution in [1.29, 1.82) is 0 Å². The van der Waals surface area contributed by atoms with Gasteiger partial charge in [0.25, 0.3) is 0 Å². The van der Waals surface area contributed by atoms with E-state index in [0.717, 1.165) is 18.5 Å². The van der Waals surface area contributed by atoms with Crippen molar-refractivity contribution < 1.29 is 14.3 Å². The zero-order valence-electron chi connectivity index (χ0n) is 18.6. The molecule has 1 spiro atoms. The SMILES string of the molecule is COc1ccc(NC(=O)N2CCC3(CC2)Nc2cc(C)ccc2-n2cccc23)cc1OC. The zero-order valence-corrected chi connectivity index (χ0v) is 18.6. The number of methoxy groups -OCH3 is 2. The van der Waals surface area contributed by atoms with Crippen molar-refractivity contribution in [2.75, 3.05) is 37.9 Å². The zero-order chi connectivity index (χ0) is 22.3. The van der Waals surface area contributed by atoms with E-state index in [4.69, 9.17) is 9.47 Å². The number of likely N-dealkylation sites (tertiary alicyclic amines) is 1. The Labute approximate surface area is 187 Å². The van der Waals surface area contributed by atoms with Crippen molar-refractivity contribution >= 4 is 17.4 Å². The molecule has 0 aliphatic carbocycles. The molecule has 5 rings (SSSR count). The minimum Gasteiger partial charge on any atom is -0.493 e. The van der Waals surface area contributed by atoms with E-state index in [2.05, 4.69) is 58.7 Å². The van der Waals surface area contributed by atoms with Crippen molar-refractivity contribution in [3.63, 3.8) is 0 Å². The van der Waals surface area contributed by atoms with Crippen molar-refractivity contribution in [3.05, 3.63) is 66.0 Å². The predicted molar refractivity (Wildman–Crippen MR) is 125 cm³/mol. The largest absolute Gasteiger partial charge is 0.493 e. The second-order valence-electron chi connectivity index (χ2n) is 8.48. The lowest BCUT2D eigenvalue weighted by Gasteiger charge is -2.46. The number of hydrogen-bond donors (Lipinski definition) is 2. The summed E-state index contributed by atoms with van der Waals surface area (Å²) in [5, 5.41) is 6.81. The summed E-state index contributed by atoms with van der Waals surface area (Å²) in [4.78, 5) is 14.8. The van der Waals surface area contributed by atoms with E-state index >= 15 is 0 Å². The second kappa shape index (κ2) is 7.82. The lowest BCUT2D eigenvalue weighted by atomic mass is 9.82. The molecule has 2 aliphatic rings. The van der Waals surface area contributed by atoms with E-state index in [1.807, 2.05) is 11.0 Å².